The van der Waals surface area contributed by atoms with E-state index in [1.165, 1.54) is 12.1 Å². The number of aromatic nitrogens is 2. The van der Waals surface area contributed by atoms with Crippen LogP contribution in [0.2, 0.25) is 0 Å². The second-order valence-corrected chi connectivity index (χ2v) is 4.38. The van der Waals surface area contributed by atoms with Crippen molar-refractivity contribution in [1.29, 1.82) is 5.26 Å². The van der Waals surface area contributed by atoms with Crippen LogP contribution >= 0.6 is 0 Å². The van der Waals surface area contributed by atoms with Gasteiger partial charge in [-0.3, -0.25) is 0 Å². The van der Waals surface area contributed by atoms with Crippen LogP contribution in [0.5, 0.6) is 0 Å². The zero-order valence-electron chi connectivity index (χ0n) is 10.5. The van der Waals surface area contributed by atoms with Gasteiger partial charge in [0.2, 0.25) is 5.95 Å². The summed E-state index contributed by atoms with van der Waals surface area (Å²) in [6.07, 6.45) is 0. The van der Waals surface area contributed by atoms with Gasteiger partial charge in [-0.1, -0.05) is 18.2 Å². The van der Waals surface area contributed by atoms with Crippen molar-refractivity contribution in [3.05, 3.63) is 59.4 Å². The molecule has 0 saturated carbocycles. The van der Waals surface area contributed by atoms with E-state index in [1.807, 2.05) is 12.1 Å². The summed E-state index contributed by atoms with van der Waals surface area (Å²) < 4.78 is 13.1. The first kappa shape index (κ1) is 12.2. The standard InChI is InChI=1S/C15H11FN4/c16-12-5-1-3-10(7-12)9-18-15-19-13-6-2-4-11(8-17)14(13)20-15/h1-7H,9H2,(H2,18,19,20). The van der Waals surface area contributed by atoms with E-state index < -0.39 is 0 Å². The molecule has 4 nitrogen and oxygen atoms in total. The summed E-state index contributed by atoms with van der Waals surface area (Å²) in [5.74, 6) is 0.299. The minimum atomic E-state index is -0.263. The van der Waals surface area contributed by atoms with Crippen LogP contribution in [0.15, 0.2) is 42.5 Å². The first-order chi connectivity index (χ1) is 9.76. The molecule has 1 aromatic heterocycles. The van der Waals surface area contributed by atoms with Crippen molar-refractivity contribution < 1.29 is 4.39 Å². The second kappa shape index (κ2) is 5.02. The van der Waals surface area contributed by atoms with Gasteiger partial charge < -0.3 is 10.3 Å². The molecule has 0 radical (unpaired) electrons. The van der Waals surface area contributed by atoms with Crippen molar-refractivity contribution in [3.8, 4) is 6.07 Å². The van der Waals surface area contributed by atoms with Crippen LogP contribution in [0, 0.1) is 17.1 Å². The third-order valence-corrected chi connectivity index (χ3v) is 2.98. The van der Waals surface area contributed by atoms with Gasteiger partial charge in [0.05, 0.1) is 11.1 Å². The van der Waals surface area contributed by atoms with Gasteiger partial charge in [-0.25, -0.2) is 9.37 Å². The third-order valence-electron chi connectivity index (χ3n) is 2.98. The van der Waals surface area contributed by atoms with Gasteiger partial charge in [-0.05, 0) is 29.8 Å². The van der Waals surface area contributed by atoms with Crippen LogP contribution in [0.4, 0.5) is 10.3 Å². The van der Waals surface area contributed by atoms with Crippen molar-refractivity contribution in [3.63, 3.8) is 0 Å². The first-order valence-corrected chi connectivity index (χ1v) is 6.13. The molecule has 0 unspecified atom stereocenters. The number of rotatable bonds is 3. The molecule has 0 aliphatic rings. The number of benzene rings is 2. The molecule has 20 heavy (non-hydrogen) atoms. The molecule has 0 fully saturated rings. The molecule has 98 valence electrons. The highest BCUT2D eigenvalue weighted by molar-refractivity contribution is 5.83. The molecule has 3 aromatic rings. The Hall–Kier alpha value is -2.87. The molecule has 0 saturated heterocycles. The molecule has 0 aliphatic carbocycles. The molecule has 0 aliphatic heterocycles. The van der Waals surface area contributed by atoms with Gasteiger partial charge in [0.25, 0.3) is 0 Å². The lowest BCUT2D eigenvalue weighted by atomic mass is 10.2. The zero-order chi connectivity index (χ0) is 13.9. The summed E-state index contributed by atoms with van der Waals surface area (Å²) in [6, 6.07) is 13.9. The number of H-pyrrole nitrogens is 1. The minimum absolute atomic E-state index is 0.263. The molecule has 2 N–H and O–H groups in total. The van der Waals surface area contributed by atoms with Crippen molar-refractivity contribution >= 4 is 17.0 Å². The zero-order valence-corrected chi connectivity index (χ0v) is 10.5. The molecular weight excluding hydrogens is 255 g/mol. The van der Waals surface area contributed by atoms with Gasteiger partial charge >= 0.3 is 0 Å². The number of aromatic amines is 1. The molecule has 0 amide bonds. The topological polar surface area (TPSA) is 64.5 Å². The molecule has 5 heteroatoms. The van der Waals surface area contributed by atoms with Gasteiger partial charge in [-0.15, -0.1) is 0 Å². The van der Waals surface area contributed by atoms with E-state index in [4.69, 9.17) is 5.26 Å². The molecular formula is C15H11FN4. The molecule has 0 spiro atoms. The molecule has 3 rings (SSSR count). The first-order valence-electron chi connectivity index (χ1n) is 6.13. The fourth-order valence-corrected chi connectivity index (χ4v) is 2.04. The van der Waals surface area contributed by atoms with Crippen LogP contribution in [-0.2, 0) is 6.54 Å². The minimum Gasteiger partial charge on any atom is -0.352 e. The Bertz CT molecular complexity index is 801. The number of nitrogens with zero attached hydrogens (tertiary/aromatic N) is 2. The maximum atomic E-state index is 13.1. The van der Waals surface area contributed by atoms with Crippen LogP contribution in [0.3, 0.4) is 0 Å². The largest absolute Gasteiger partial charge is 0.352 e. The average molecular weight is 266 g/mol. The number of fused-ring (bicyclic) bond motifs is 1. The monoisotopic (exact) mass is 266 g/mol. The third kappa shape index (κ3) is 2.31. The normalized spacial score (nSPS) is 10.4. The van der Waals surface area contributed by atoms with E-state index in [2.05, 4.69) is 21.4 Å². The summed E-state index contributed by atoms with van der Waals surface area (Å²) in [5, 5.41) is 12.1. The Kier molecular flexibility index (Phi) is 3.05. The highest BCUT2D eigenvalue weighted by Gasteiger charge is 2.06. The molecule has 2 aromatic carbocycles. The Morgan fingerprint density at radius 2 is 2.10 bits per heavy atom. The lowest BCUT2D eigenvalue weighted by Gasteiger charge is -2.02. The van der Waals surface area contributed by atoms with Crippen LogP contribution < -0.4 is 5.32 Å². The maximum Gasteiger partial charge on any atom is 0.201 e. The van der Waals surface area contributed by atoms with E-state index >= 15 is 0 Å². The lowest BCUT2D eigenvalue weighted by molar-refractivity contribution is 0.626. The maximum absolute atomic E-state index is 13.1. The van der Waals surface area contributed by atoms with Crippen molar-refractivity contribution in [2.24, 2.45) is 0 Å². The number of anilines is 1. The second-order valence-electron chi connectivity index (χ2n) is 4.38. The highest BCUT2D eigenvalue weighted by atomic mass is 19.1. The highest BCUT2D eigenvalue weighted by Crippen LogP contribution is 2.18. The quantitative estimate of drug-likeness (QED) is 0.765. The van der Waals surface area contributed by atoms with Crippen LogP contribution in [0.1, 0.15) is 11.1 Å². The van der Waals surface area contributed by atoms with Gasteiger partial charge in [0.1, 0.15) is 17.4 Å². The Balaban J connectivity index is 1.83. The number of hydrogen-bond donors (Lipinski definition) is 2. The van der Waals surface area contributed by atoms with Crippen molar-refractivity contribution in [1.82, 2.24) is 9.97 Å². The van der Waals surface area contributed by atoms with E-state index in [0.29, 0.717) is 23.6 Å². The SMILES string of the molecule is N#Cc1cccc2[nH]c(NCc3cccc(F)c3)nc12. The van der Waals surface area contributed by atoms with E-state index in [-0.39, 0.29) is 5.82 Å². The number of hydrogen-bond acceptors (Lipinski definition) is 3. The van der Waals surface area contributed by atoms with Crippen molar-refractivity contribution in [2.45, 2.75) is 6.54 Å². The molecule has 1 heterocycles. The number of imidazole rings is 1. The fraction of sp³-hybridized carbons (Fsp3) is 0.0667. The van der Waals surface area contributed by atoms with Crippen molar-refractivity contribution in [2.75, 3.05) is 5.32 Å². The van der Waals surface area contributed by atoms with Crippen LogP contribution in [-0.4, -0.2) is 9.97 Å². The Morgan fingerprint density at radius 3 is 2.90 bits per heavy atom. The van der Waals surface area contributed by atoms with E-state index in [0.717, 1.165) is 11.1 Å². The summed E-state index contributed by atoms with van der Waals surface area (Å²) in [5.41, 5.74) is 2.78. The Morgan fingerprint density at radius 1 is 1.25 bits per heavy atom. The number of nitriles is 1. The van der Waals surface area contributed by atoms with E-state index in [1.54, 1.807) is 18.2 Å². The average Bonchev–Trinajstić information content (AvgIpc) is 2.88. The summed E-state index contributed by atoms with van der Waals surface area (Å²) in [4.78, 5) is 7.43. The van der Waals surface area contributed by atoms with Gasteiger partial charge in [0.15, 0.2) is 0 Å². The Labute approximate surface area is 114 Å². The number of halogens is 1. The van der Waals surface area contributed by atoms with Gasteiger partial charge in [-0.2, -0.15) is 5.26 Å². The summed E-state index contributed by atoms with van der Waals surface area (Å²) >= 11 is 0. The smallest absolute Gasteiger partial charge is 0.201 e. The summed E-state index contributed by atoms with van der Waals surface area (Å²) in [6.45, 7) is 0.458. The molecule has 0 bridgehead atoms. The van der Waals surface area contributed by atoms with Gasteiger partial charge in [0, 0.05) is 6.54 Å². The predicted molar refractivity (Wildman–Crippen MR) is 74.5 cm³/mol. The number of nitrogens with one attached hydrogen (secondary N) is 2. The molecule has 0 atom stereocenters. The lowest BCUT2D eigenvalue weighted by Crippen LogP contribution is -2.00. The van der Waals surface area contributed by atoms with E-state index in [9.17, 15) is 4.39 Å². The van der Waals surface area contributed by atoms with Crippen LogP contribution in [0.25, 0.3) is 11.0 Å². The number of para-hydroxylation sites is 1. The summed E-state index contributed by atoms with van der Waals surface area (Å²) in [7, 11) is 0. The predicted octanol–water partition coefficient (Wildman–Crippen LogP) is 3.19. The fourth-order valence-electron chi connectivity index (χ4n) is 2.04.